The molecule has 0 bridgehead atoms. The molecule has 2 aliphatic heterocycles. The summed E-state index contributed by atoms with van der Waals surface area (Å²) in [5.74, 6) is -0.0259. The number of hydrogen-bond acceptors (Lipinski definition) is 5. The monoisotopic (exact) mass is 472 g/mol. The number of rotatable bonds is 6. The molecular weight excluding hydrogens is 436 g/mol. The molecule has 1 saturated carbocycles. The van der Waals surface area contributed by atoms with Gasteiger partial charge in [-0.15, -0.1) is 11.3 Å². The Balaban J connectivity index is 1.38. The average Bonchev–Trinajstić information content (AvgIpc) is 3.31. The van der Waals surface area contributed by atoms with Crippen LogP contribution in [0, 0.1) is 0 Å². The Morgan fingerprint density at radius 3 is 2.70 bits per heavy atom. The maximum atomic E-state index is 13.8. The number of morpholine rings is 1. The van der Waals surface area contributed by atoms with Crippen LogP contribution >= 0.6 is 11.3 Å². The molecule has 1 aliphatic carbocycles. The van der Waals surface area contributed by atoms with Crippen LogP contribution in [0.25, 0.3) is 10.2 Å². The third-order valence-corrected chi connectivity index (χ3v) is 8.54. The summed E-state index contributed by atoms with van der Waals surface area (Å²) in [7, 11) is 0. The molecule has 0 unspecified atom stereocenters. The van der Waals surface area contributed by atoms with Crippen molar-refractivity contribution in [3.8, 4) is 0 Å². The SMILES string of the molecule is C[C@@]1(C(=O)NC2CCCCCC2)Cn2c(cc3sccc32)C(=O)N1CCCN1CCOCC1. The molecule has 7 nitrogen and oxygen atoms in total. The molecule has 0 spiro atoms. The maximum Gasteiger partial charge on any atom is 0.271 e. The highest BCUT2D eigenvalue weighted by atomic mass is 32.1. The number of ether oxygens (including phenoxy) is 1. The first-order valence-corrected chi connectivity index (χ1v) is 13.4. The smallest absolute Gasteiger partial charge is 0.271 e. The van der Waals surface area contributed by atoms with E-state index in [0.717, 1.165) is 62.3 Å². The largest absolute Gasteiger partial charge is 0.379 e. The van der Waals surface area contributed by atoms with Crippen molar-refractivity contribution in [2.75, 3.05) is 39.4 Å². The molecule has 2 fully saturated rings. The summed E-state index contributed by atoms with van der Waals surface area (Å²) in [6.45, 7) is 7.40. The van der Waals surface area contributed by atoms with Crippen molar-refractivity contribution in [2.45, 2.75) is 70.0 Å². The van der Waals surface area contributed by atoms with Crippen molar-refractivity contribution in [3.05, 3.63) is 23.2 Å². The van der Waals surface area contributed by atoms with Gasteiger partial charge in [-0.05, 0) is 43.7 Å². The topological polar surface area (TPSA) is 66.8 Å². The van der Waals surface area contributed by atoms with Gasteiger partial charge in [0.05, 0.1) is 30.0 Å². The lowest BCUT2D eigenvalue weighted by Crippen LogP contribution is -2.65. The summed E-state index contributed by atoms with van der Waals surface area (Å²) >= 11 is 1.65. The fourth-order valence-electron chi connectivity index (χ4n) is 5.66. The van der Waals surface area contributed by atoms with Crippen LogP contribution < -0.4 is 5.32 Å². The lowest BCUT2D eigenvalue weighted by atomic mass is 9.93. The van der Waals surface area contributed by atoms with Crippen molar-refractivity contribution in [1.29, 1.82) is 0 Å². The zero-order chi connectivity index (χ0) is 22.8. The molecule has 8 heteroatoms. The number of nitrogens with one attached hydrogen (secondary N) is 1. The number of thiophene rings is 1. The molecule has 5 rings (SSSR count). The number of carbonyl (C=O) groups is 2. The average molecular weight is 473 g/mol. The van der Waals surface area contributed by atoms with E-state index in [2.05, 4.69) is 26.2 Å². The highest BCUT2D eigenvalue weighted by molar-refractivity contribution is 7.17. The summed E-state index contributed by atoms with van der Waals surface area (Å²) in [5.41, 5.74) is 0.878. The summed E-state index contributed by atoms with van der Waals surface area (Å²) in [6.07, 6.45) is 7.76. The van der Waals surface area contributed by atoms with E-state index >= 15 is 0 Å². The van der Waals surface area contributed by atoms with E-state index in [1.807, 2.05) is 17.9 Å². The third kappa shape index (κ3) is 4.57. The molecule has 1 saturated heterocycles. The van der Waals surface area contributed by atoms with Crippen LogP contribution in [0.4, 0.5) is 0 Å². The van der Waals surface area contributed by atoms with Crippen molar-refractivity contribution in [2.24, 2.45) is 0 Å². The van der Waals surface area contributed by atoms with Gasteiger partial charge in [-0.2, -0.15) is 0 Å². The molecule has 2 aromatic rings. The lowest BCUT2D eigenvalue weighted by molar-refractivity contribution is -0.133. The van der Waals surface area contributed by atoms with Gasteiger partial charge in [0.25, 0.3) is 5.91 Å². The van der Waals surface area contributed by atoms with E-state index in [9.17, 15) is 9.59 Å². The van der Waals surface area contributed by atoms with E-state index in [1.165, 1.54) is 25.7 Å². The zero-order valence-electron chi connectivity index (χ0n) is 19.7. The Bertz CT molecular complexity index is 987. The number of fused-ring (bicyclic) bond motifs is 3. The first-order chi connectivity index (χ1) is 16.1. The van der Waals surface area contributed by atoms with Gasteiger partial charge in [-0.3, -0.25) is 14.5 Å². The predicted octanol–water partition coefficient (Wildman–Crippen LogP) is 3.48. The van der Waals surface area contributed by atoms with Gasteiger partial charge in [-0.25, -0.2) is 0 Å². The van der Waals surface area contributed by atoms with Crippen LogP contribution in [-0.2, 0) is 16.1 Å². The fraction of sp³-hybridized carbons (Fsp3) is 0.680. The second-order valence-electron chi connectivity index (χ2n) is 9.99. The van der Waals surface area contributed by atoms with Crippen molar-refractivity contribution in [1.82, 2.24) is 19.7 Å². The van der Waals surface area contributed by atoms with Crippen LogP contribution in [0.2, 0.25) is 0 Å². The molecule has 0 radical (unpaired) electrons. The Kier molecular flexibility index (Phi) is 6.77. The highest BCUT2D eigenvalue weighted by Crippen LogP contribution is 2.34. The molecule has 3 aliphatic rings. The Morgan fingerprint density at radius 1 is 1.18 bits per heavy atom. The lowest BCUT2D eigenvalue weighted by Gasteiger charge is -2.45. The van der Waals surface area contributed by atoms with Crippen LogP contribution in [0.5, 0.6) is 0 Å². The number of hydrogen-bond donors (Lipinski definition) is 1. The maximum absolute atomic E-state index is 13.8. The molecule has 2 aromatic heterocycles. The first-order valence-electron chi connectivity index (χ1n) is 12.6. The normalized spacial score (nSPS) is 25.2. The Hall–Kier alpha value is -1.90. The zero-order valence-corrected chi connectivity index (χ0v) is 20.5. The standard InChI is InChI=1S/C25H36N4O3S/c1-25(24(31)26-19-7-4-2-3-5-8-19)18-28-20-9-16-33-22(20)17-21(28)23(30)29(25)11-6-10-27-12-14-32-15-13-27/h9,16-17,19H,2-8,10-15,18H2,1H3,(H,26,31)/t25-/m0/s1. The van der Waals surface area contributed by atoms with E-state index in [1.54, 1.807) is 11.3 Å². The van der Waals surface area contributed by atoms with Crippen molar-refractivity contribution >= 4 is 33.4 Å². The molecule has 1 N–H and O–H groups in total. The number of carbonyl (C=O) groups excluding carboxylic acids is 2. The van der Waals surface area contributed by atoms with Gasteiger partial charge >= 0.3 is 0 Å². The summed E-state index contributed by atoms with van der Waals surface area (Å²) in [4.78, 5) is 31.8. The molecular formula is C25H36N4O3S. The Labute approximate surface area is 200 Å². The second-order valence-corrected chi connectivity index (χ2v) is 10.9. The van der Waals surface area contributed by atoms with Crippen molar-refractivity contribution < 1.29 is 14.3 Å². The van der Waals surface area contributed by atoms with Crippen LogP contribution in [0.1, 0.15) is 62.4 Å². The van der Waals surface area contributed by atoms with Gasteiger partial charge in [0.15, 0.2) is 0 Å². The first kappa shape index (κ1) is 22.9. The minimum atomic E-state index is -0.894. The van der Waals surface area contributed by atoms with Crippen LogP contribution in [0.3, 0.4) is 0 Å². The van der Waals surface area contributed by atoms with Crippen molar-refractivity contribution in [3.63, 3.8) is 0 Å². The summed E-state index contributed by atoms with van der Waals surface area (Å²) < 4.78 is 8.64. The second kappa shape index (κ2) is 9.76. The molecule has 180 valence electrons. The molecule has 2 amide bonds. The van der Waals surface area contributed by atoms with Gasteiger partial charge in [0.1, 0.15) is 11.2 Å². The minimum absolute atomic E-state index is 0.00291. The highest BCUT2D eigenvalue weighted by Gasteiger charge is 2.48. The van der Waals surface area contributed by atoms with Crippen LogP contribution in [-0.4, -0.2) is 77.2 Å². The van der Waals surface area contributed by atoms with Gasteiger partial charge < -0.3 is 19.5 Å². The van der Waals surface area contributed by atoms with Crippen LogP contribution in [0.15, 0.2) is 17.5 Å². The molecule has 33 heavy (non-hydrogen) atoms. The van der Waals surface area contributed by atoms with Gasteiger partial charge in [-0.1, -0.05) is 25.7 Å². The molecule has 4 heterocycles. The summed E-state index contributed by atoms with van der Waals surface area (Å²) in [5, 5.41) is 5.41. The number of amides is 2. The minimum Gasteiger partial charge on any atom is -0.379 e. The Morgan fingerprint density at radius 2 is 1.94 bits per heavy atom. The van der Waals surface area contributed by atoms with Gasteiger partial charge in [0, 0.05) is 32.2 Å². The summed E-state index contributed by atoms with van der Waals surface area (Å²) in [6, 6.07) is 4.28. The molecule has 0 aromatic carbocycles. The number of nitrogens with zero attached hydrogens (tertiary/aromatic N) is 3. The third-order valence-electron chi connectivity index (χ3n) is 7.69. The van der Waals surface area contributed by atoms with E-state index in [-0.39, 0.29) is 17.9 Å². The predicted molar refractivity (Wildman–Crippen MR) is 131 cm³/mol. The fourth-order valence-corrected chi connectivity index (χ4v) is 6.49. The quantitative estimate of drug-likeness (QED) is 0.654. The molecule has 1 atom stereocenters. The van der Waals surface area contributed by atoms with E-state index in [4.69, 9.17) is 4.74 Å². The number of aromatic nitrogens is 1. The van der Waals surface area contributed by atoms with E-state index < -0.39 is 5.54 Å². The van der Waals surface area contributed by atoms with Gasteiger partial charge in [0.2, 0.25) is 5.91 Å². The van der Waals surface area contributed by atoms with E-state index in [0.29, 0.717) is 18.8 Å².